The second kappa shape index (κ2) is 5.70. The van der Waals surface area contributed by atoms with Crippen LogP contribution in [0.1, 0.15) is 45.6 Å². The van der Waals surface area contributed by atoms with Gasteiger partial charge >= 0.3 is 5.97 Å². The topological polar surface area (TPSA) is 50.4 Å². The smallest absolute Gasteiger partial charge is 0.332 e. The second-order valence-corrected chi connectivity index (χ2v) is 7.74. The molecule has 2 aliphatic carbocycles. The van der Waals surface area contributed by atoms with Gasteiger partial charge in [0.05, 0.1) is 12.5 Å². The average Bonchev–Trinajstić information content (AvgIpc) is 3.02. The minimum atomic E-state index is -0.770. The number of hydrogen-bond acceptors (Lipinski definition) is 2. The Kier molecular flexibility index (Phi) is 3.99. The van der Waals surface area contributed by atoms with Crippen molar-refractivity contribution >= 4 is 5.97 Å². The molecular formula is C20H26O3. The Labute approximate surface area is 138 Å². The van der Waals surface area contributed by atoms with Crippen molar-refractivity contribution in [3.63, 3.8) is 0 Å². The predicted molar refractivity (Wildman–Crippen MR) is 90.0 cm³/mol. The lowest BCUT2D eigenvalue weighted by Gasteiger charge is -2.56. The number of carboxylic acids is 1. The summed E-state index contributed by atoms with van der Waals surface area (Å²) in [5.41, 5.74) is 1.62. The molecule has 1 aromatic rings. The van der Waals surface area contributed by atoms with Crippen molar-refractivity contribution in [1.82, 2.24) is 0 Å². The molecule has 3 heteroatoms. The highest BCUT2D eigenvalue weighted by molar-refractivity contribution is 5.89. The van der Waals surface area contributed by atoms with Gasteiger partial charge in [0, 0.05) is 11.0 Å². The summed E-state index contributed by atoms with van der Waals surface area (Å²) in [4.78, 5) is 11.7. The standard InChI is InChI=1S/C20H26O3/c1-14-7-10-20(3)16(18(21)22)5-4-6-17(20)19(14,2)11-8-15-9-12-23-13-15/h4-6,9,12-14,17H,7-8,10-11H2,1-3H3,(H,21,22)/t14-,17-,19+,20-/m1/s1. The molecule has 0 radical (unpaired) electrons. The van der Waals surface area contributed by atoms with Crippen LogP contribution >= 0.6 is 0 Å². The van der Waals surface area contributed by atoms with Crippen molar-refractivity contribution < 1.29 is 14.3 Å². The third-order valence-electron chi connectivity index (χ3n) is 6.56. The van der Waals surface area contributed by atoms with Crippen LogP contribution in [0.4, 0.5) is 0 Å². The van der Waals surface area contributed by atoms with Gasteiger partial charge < -0.3 is 9.52 Å². The van der Waals surface area contributed by atoms with E-state index < -0.39 is 5.97 Å². The van der Waals surface area contributed by atoms with E-state index in [4.69, 9.17) is 4.42 Å². The molecule has 3 rings (SSSR count). The minimum absolute atomic E-state index is 0.0930. The zero-order valence-electron chi connectivity index (χ0n) is 14.2. The first kappa shape index (κ1) is 16.1. The van der Waals surface area contributed by atoms with Crippen molar-refractivity contribution in [2.45, 2.75) is 46.5 Å². The Bertz CT molecular complexity index is 640. The highest BCUT2D eigenvalue weighted by atomic mass is 16.4. The molecule has 0 saturated heterocycles. The van der Waals surface area contributed by atoms with Gasteiger partial charge in [0.1, 0.15) is 0 Å². The lowest BCUT2D eigenvalue weighted by Crippen LogP contribution is -2.50. The maximum Gasteiger partial charge on any atom is 0.332 e. The molecule has 0 unspecified atom stereocenters. The van der Waals surface area contributed by atoms with Crippen LogP contribution in [-0.4, -0.2) is 11.1 Å². The molecule has 0 spiro atoms. The molecule has 1 aromatic heterocycles. The van der Waals surface area contributed by atoms with E-state index in [9.17, 15) is 9.90 Å². The molecule has 0 amide bonds. The molecule has 0 bridgehead atoms. The van der Waals surface area contributed by atoms with E-state index >= 15 is 0 Å². The summed E-state index contributed by atoms with van der Waals surface area (Å²) in [5.74, 6) is 0.0700. The van der Waals surface area contributed by atoms with E-state index in [1.54, 1.807) is 12.3 Å². The van der Waals surface area contributed by atoms with Crippen LogP contribution in [0.15, 0.2) is 46.8 Å². The fourth-order valence-electron chi connectivity index (χ4n) is 4.79. The summed E-state index contributed by atoms with van der Waals surface area (Å²) >= 11 is 0. The van der Waals surface area contributed by atoms with Gasteiger partial charge in [0.15, 0.2) is 0 Å². The maximum absolute atomic E-state index is 11.7. The van der Waals surface area contributed by atoms with Crippen molar-refractivity contribution in [3.05, 3.63) is 48.0 Å². The molecule has 1 heterocycles. The number of aryl methyl sites for hydroxylation is 1. The Hall–Kier alpha value is -1.77. The lowest BCUT2D eigenvalue weighted by molar-refractivity contribution is -0.135. The van der Waals surface area contributed by atoms with Gasteiger partial charge in [-0.3, -0.25) is 0 Å². The number of rotatable bonds is 4. The van der Waals surface area contributed by atoms with Crippen molar-refractivity contribution in [2.24, 2.45) is 22.7 Å². The van der Waals surface area contributed by atoms with E-state index in [0.29, 0.717) is 11.5 Å². The van der Waals surface area contributed by atoms with Gasteiger partial charge in [-0.2, -0.15) is 0 Å². The predicted octanol–water partition coefficient (Wildman–Crippen LogP) is 4.85. The average molecular weight is 314 g/mol. The van der Waals surface area contributed by atoms with E-state index in [2.05, 4.69) is 26.8 Å². The van der Waals surface area contributed by atoms with Crippen LogP contribution in [0, 0.1) is 22.7 Å². The number of hydrogen-bond donors (Lipinski definition) is 1. The Morgan fingerprint density at radius 2 is 2.22 bits per heavy atom. The van der Waals surface area contributed by atoms with Crippen LogP contribution in [-0.2, 0) is 11.2 Å². The van der Waals surface area contributed by atoms with E-state index in [1.807, 2.05) is 18.4 Å². The molecule has 124 valence electrons. The maximum atomic E-state index is 11.7. The quantitative estimate of drug-likeness (QED) is 0.864. The highest BCUT2D eigenvalue weighted by Crippen LogP contribution is 2.60. The first-order chi connectivity index (χ1) is 10.9. The summed E-state index contributed by atoms with van der Waals surface area (Å²) < 4.78 is 5.19. The van der Waals surface area contributed by atoms with E-state index in [-0.39, 0.29) is 16.7 Å². The normalized spacial score (nSPS) is 36.4. The molecular weight excluding hydrogens is 288 g/mol. The summed E-state index contributed by atoms with van der Waals surface area (Å²) in [7, 11) is 0. The fraction of sp³-hybridized carbons (Fsp3) is 0.550. The summed E-state index contributed by atoms with van der Waals surface area (Å²) in [6.07, 6.45) is 13.6. The van der Waals surface area contributed by atoms with Crippen LogP contribution < -0.4 is 0 Å². The number of fused-ring (bicyclic) bond motifs is 1. The molecule has 0 aliphatic heterocycles. The van der Waals surface area contributed by atoms with Crippen molar-refractivity contribution in [3.8, 4) is 0 Å². The summed E-state index contributed by atoms with van der Waals surface area (Å²) in [6, 6.07) is 2.02. The zero-order valence-corrected chi connectivity index (χ0v) is 14.2. The first-order valence-corrected chi connectivity index (χ1v) is 8.51. The third-order valence-corrected chi connectivity index (χ3v) is 6.56. The van der Waals surface area contributed by atoms with Crippen molar-refractivity contribution in [2.75, 3.05) is 0 Å². The Morgan fingerprint density at radius 3 is 2.87 bits per heavy atom. The summed E-state index contributed by atoms with van der Waals surface area (Å²) in [6.45, 7) is 6.81. The fourth-order valence-corrected chi connectivity index (χ4v) is 4.79. The lowest BCUT2D eigenvalue weighted by atomic mass is 9.48. The molecule has 23 heavy (non-hydrogen) atoms. The van der Waals surface area contributed by atoms with Crippen LogP contribution in [0.5, 0.6) is 0 Å². The SMILES string of the molecule is C[C@@H]1CC[C@]2(C)C(C(=O)O)=CC=C[C@@H]2[C@@]1(C)CCc1ccoc1. The molecule has 0 aromatic carbocycles. The zero-order chi connectivity index (χ0) is 16.7. The molecule has 1 fully saturated rings. The van der Waals surface area contributed by atoms with Gasteiger partial charge in [0.2, 0.25) is 0 Å². The number of furan rings is 1. The van der Waals surface area contributed by atoms with Gasteiger partial charge in [-0.05, 0) is 54.6 Å². The summed E-state index contributed by atoms with van der Waals surface area (Å²) in [5, 5.41) is 9.64. The molecule has 4 atom stereocenters. The van der Waals surface area contributed by atoms with Crippen LogP contribution in [0.2, 0.25) is 0 Å². The molecule has 2 aliphatic rings. The monoisotopic (exact) mass is 314 g/mol. The molecule has 3 nitrogen and oxygen atoms in total. The second-order valence-electron chi connectivity index (χ2n) is 7.74. The minimum Gasteiger partial charge on any atom is -0.478 e. The Balaban J connectivity index is 1.91. The van der Waals surface area contributed by atoms with Crippen LogP contribution in [0.25, 0.3) is 0 Å². The van der Waals surface area contributed by atoms with Crippen LogP contribution in [0.3, 0.4) is 0 Å². The van der Waals surface area contributed by atoms with Gasteiger partial charge in [0.25, 0.3) is 0 Å². The number of carboxylic acid groups (broad SMARTS) is 1. The molecule has 1 saturated carbocycles. The first-order valence-electron chi connectivity index (χ1n) is 8.51. The third kappa shape index (κ3) is 2.56. The number of aliphatic carboxylic acids is 1. The highest BCUT2D eigenvalue weighted by Gasteiger charge is 2.54. The Morgan fingerprint density at radius 1 is 1.43 bits per heavy atom. The number of carbonyl (C=O) groups is 1. The largest absolute Gasteiger partial charge is 0.478 e. The van der Waals surface area contributed by atoms with E-state index in [1.165, 1.54) is 5.56 Å². The number of allylic oxidation sites excluding steroid dienone is 3. The van der Waals surface area contributed by atoms with E-state index in [0.717, 1.165) is 25.7 Å². The molecule has 1 N–H and O–H groups in total. The van der Waals surface area contributed by atoms with Gasteiger partial charge in [-0.25, -0.2) is 4.79 Å². The van der Waals surface area contributed by atoms with Gasteiger partial charge in [-0.1, -0.05) is 39.0 Å². The van der Waals surface area contributed by atoms with Gasteiger partial charge in [-0.15, -0.1) is 0 Å². The van der Waals surface area contributed by atoms with Crippen molar-refractivity contribution in [1.29, 1.82) is 0 Å².